The van der Waals surface area contributed by atoms with E-state index in [2.05, 4.69) is 36.8 Å². The van der Waals surface area contributed by atoms with Crippen LogP contribution in [0.1, 0.15) is 30.1 Å². The highest BCUT2D eigenvalue weighted by molar-refractivity contribution is 9.10. The van der Waals surface area contributed by atoms with Crippen molar-refractivity contribution in [2.45, 2.75) is 29.7 Å². The Hall–Kier alpha value is -1.01. The Morgan fingerprint density at radius 2 is 2.20 bits per heavy atom. The van der Waals surface area contributed by atoms with Crippen LogP contribution >= 0.6 is 27.7 Å². The number of nitrogens with zero attached hydrogens (tertiary/aromatic N) is 3. The molecule has 2 aromatic rings. The molecule has 106 valence electrons. The molecule has 0 aliphatic heterocycles. The van der Waals surface area contributed by atoms with Crippen molar-refractivity contribution in [3.05, 3.63) is 34.1 Å². The number of aromatic nitrogens is 3. The van der Waals surface area contributed by atoms with E-state index < -0.39 is 0 Å². The van der Waals surface area contributed by atoms with Gasteiger partial charge in [-0.15, -0.1) is 10.2 Å². The first-order chi connectivity index (χ1) is 9.69. The van der Waals surface area contributed by atoms with Gasteiger partial charge in [-0.1, -0.05) is 27.7 Å². The van der Waals surface area contributed by atoms with Gasteiger partial charge in [0, 0.05) is 28.8 Å². The van der Waals surface area contributed by atoms with Crippen LogP contribution in [-0.2, 0) is 12.8 Å². The van der Waals surface area contributed by atoms with Crippen LogP contribution in [0.4, 0.5) is 0 Å². The molecule has 3 rings (SSSR count). The van der Waals surface area contributed by atoms with E-state index >= 15 is 0 Å². The Morgan fingerprint density at radius 3 is 2.90 bits per heavy atom. The highest BCUT2D eigenvalue weighted by Gasteiger charge is 2.29. The van der Waals surface area contributed by atoms with Crippen molar-refractivity contribution in [1.82, 2.24) is 14.8 Å². The number of methoxy groups -OCH3 is 1. The molecule has 0 radical (unpaired) electrons. The second kappa shape index (κ2) is 5.77. The van der Waals surface area contributed by atoms with Gasteiger partial charge in [-0.2, -0.15) is 0 Å². The maximum Gasteiger partial charge on any atom is 0.191 e. The molecule has 1 saturated carbocycles. The number of hydrogen-bond donors (Lipinski definition) is 0. The lowest BCUT2D eigenvalue weighted by atomic mass is 10.2. The third kappa shape index (κ3) is 2.86. The summed E-state index contributed by atoms with van der Waals surface area (Å²) in [5.74, 6) is 3.47. The van der Waals surface area contributed by atoms with Crippen molar-refractivity contribution in [3.8, 4) is 5.75 Å². The Morgan fingerprint density at radius 1 is 1.40 bits per heavy atom. The number of hydrogen-bond acceptors (Lipinski definition) is 4. The van der Waals surface area contributed by atoms with E-state index in [1.807, 2.05) is 19.2 Å². The average molecular weight is 354 g/mol. The molecule has 4 nitrogen and oxygen atoms in total. The molecule has 0 unspecified atom stereocenters. The van der Waals surface area contributed by atoms with Crippen molar-refractivity contribution in [1.29, 1.82) is 0 Å². The zero-order chi connectivity index (χ0) is 14.1. The highest BCUT2D eigenvalue weighted by atomic mass is 79.9. The molecular weight excluding hydrogens is 338 g/mol. The molecule has 1 aliphatic rings. The Kier molecular flexibility index (Phi) is 4.03. The molecular formula is C14H16BrN3OS. The lowest BCUT2D eigenvalue weighted by Gasteiger charge is -2.08. The van der Waals surface area contributed by atoms with Crippen molar-refractivity contribution in [2.75, 3.05) is 7.11 Å². The minimum atomic E-state index is 0.627. The van der Waals surface area contributed by atoms with Crippen LogP contribution in [0.3, 0.4) is 0 Å². The fourth-order valence-corrected chi connectivity index (χ4v) is 3.46. The summed E-state index contributed by atoms with van der Waals surface area (Å²) in [5.41, 5.74) is 1.16. The molecule has 6 heteroatoms. The summed E-state index contributed by atoms with van der Waals surface area (Å²) in [6.45, 7) is 0. The topological polar surface area (TPSA) is 39.9 Å². The molecule has 0 atom stereocenters. The van der Waals surface area contributed by atoms with Gasteiger partial charge in [0.2, 0.25) is 0 Å². The first-order valence-electron chi connectivity index (χ1n) is 6.53. The number of benzene rings is 1. The van der Waals surface area contributed by atoms with Gasteiger partial charge in [0.05, 0.1) is 7.11 Å². The summed E-state index contributed by atoms with van der Waals surface area (Å²) < 4.78 is 8.57. The summed E-state index contributed by atoms with van der Waals surface area (Å²) in [7, 11) is 3.75. The molecule has 1 fully saturated rings. The molecule has 0 N–H and O–H groups in total. The molecule has 1 aliphatic carbocycles. The van der Waals surface area contributed by atoms with Gasteiger partial charge < -0.3 is 9.30 Å². The fourth-order valence-electron chi connectivity index (χ4n) is 2.15. The minimum Gasteiger partial charge on any atom is -0.496 e. The second-order valence-corrected chi connectivity index (χ2v) is 6.78. The molecule has 20 heavy (non-hydrogen) atoms. The third-order valence-corrected chi connectivity index (χ3v) is 4.97. The van der Waals surface area contributed by atoms with Crippen molar-refractivity contribution >= 4 is 27.7 Å². The molecule has 1 aromatic carbocycles. The van der Waals surface area contributed by atoms with E-state index in [0.29, 0.717) is 5.92 Å². The molecule has 0 spiro atoms. The number of halogens is 1. The Bertz CT molecular complexity index is 625. The average Bonchev–Trinajstić information content (AvgIpc) is 3.21. The Labute approximate surface area is 131 Å². The van der Waals surface area contributed by atoms with Crippen LogP contribution in [0.15, 0.2) is 27.8 Å². The highest BCUT2D eigenvalue weighted by Crippen LogP contribution is 2.40. The summed E-state index contributed by atoms with van der Waals surface area (Å²) >= 11 is 5.19. The number of thioether (sulfide) groups is 1. The monoisotopic (exact) mass is 353 g/mol. The van der Waals surface area contributed by atoms with Crippen molar-refractivity contribution in [2.24, 2.45) is 7.05 Å². The zero-order valence-electron chi connectivity index (χ0n) is 11.5. The number of rotatable bonds is 5. The summed E-state index contributed by atoms with van der Waals surface area (Å²) in [6, 6.07) is 6.05. The van der Waals surface area contributed by atoms with Crippen LogP contribution in [0.5, 0.6) is 5.75 Å². The maximum absolute atomic E-state index is 5.40. The van der Waals surface area contributed by atoms with Crippen molar-refractivity contribution < 1.29 is 4.74 Å². The molecule has 0 saturated heterocycles. The predicted molar refractivity (Wildman–Crippen MR) is 83.2 cm³/mol. The predicted octanol–water partition coefficient (Wildman–Crippen LogP) is 3.76. The second-order valence-electron chi connectivity index (χ2n) is 4.92. The molecule has 1 aromatic heterocycles. The van der Waals surface area contributed by atoms with Gasteiger partial charge in [-0.05, 0) is 31.0 Å². The van der Waals surface area contributed by atoms with Crippen LogP contribution in [0.2, 0.25) is 0 Å². The normalized spacial score (nSPS) is 14.6. The van der Waals surface area contributed by atoms with E-state index in [4.69, 9.17) is 4.74 Å². The summed E-state index contributed by atoms with van der Waals surface area (Å²) in [4.78, 5) is 0. The van der Waals surface area contributed by atoms with Gasteiger partial charge in [-0.25, -0.2) is 0 Å². The van der Waals surface area contributed by atoms with Crippen LogP contribution in [0, 0.1) is 0 Å². The number of ether oxygens (including phenoxy) is 1. The molecule has 1 heterocycles. The van der Waals surface area contributed by atoms with Gasteiger partial charge in [0.1, 0.15) is 11.6 Å². The quantitative estimate of drug-likeness (QED) is 0.767. The van der Waals surface area contributed by atoms with Gasteiger partial charge in [-0.3, -0.25) is 0 Å². The van der Waals surface area contributed by atoms with Gasteiger partial charge in [0.15, 0.2) is 5.16 Å². The first-order valence-corrected chi connectivity index (χ1v) is 8.31. The van der Waals surface area contributed by atoms with Crippen LogP contribution in [-0.4, -0.2) is 21.9 Å². The summed E-state index contributed by atoms with van der Waals surface area (Å²) in [5, 5.41) is 9.56. The standard InChI is InChI=1S/C14H16BrN3OS/c1-18-13(9-3-4-9)16-17-14(18)20-8-10-7-11(15)5-6-12(10)19-2/h5-7,9H,3-4,8H2,1-2H3. The minimum absolute atomic E-state index is 0.627. The fraction of sp³-hybridized carbons (Fsp3) is 0.429. The SMILES string of the molecule is COc1ccc(Br)cc1CSc1nnc(C2CC2)n1C. The first kappa shape index (κ1) is 13.9. The van der Waals surface area contributed by atoms with E-state index in [9.17, 15) is 0 Å². The summed E-state index contributed by atoms with van der Waals surface area (Å²) in [6.07, 6.45) is 2.49. The zero-order valence-corrected chi connectivity index (χ0v) is 13.9. The Balaban J connectivity index is 1.74. The van der Waals surface area contributed by atoms with E-state index in [1.165, 1.54) is 12.8 Å². The largest absolute Gasteiger partial charge is 0.496 e. The molecule has 0 bridgehead atoms. The van der Waals surface area contributed by atoms with Gasteiger partial charge >= 0.3 is 0 Å². The van der Waals surface area contributed by atoms with Crippen LogP contribution < -0.4 is 4.74 Å². The maximum atomic E-state index is 5.40. The van der Waals surface area contributed by atoms with Gasteiger partial charge in [0.25, 0.3) is 0 Å². The van der Waals surface area contributed by atoms with Crippen molar-refractivity contribution in [3.63, 3.8) is 0 Å². The lowest BCUT2D eigenvalue weighted by Crippen LogP contribution is -1.97. The van der Waals surface area contributed by atoms with E-state index in [-0.39, 0.29) is 0 Å². The third-order valence-electron chi connectivity index (χ3n) is 3.41. The van der Waals surface area contributed by atoms with E-state index in [1.54, 1.807) is 18.9 Å². The molecule has 0 amide bonds. The van der Waals surface area contributed by atoms with Crippen LogP contribution in [0.25, 0.3) is 0 Å². The lowest BCUT2D eigenvalue weighted by molar-refractivity contribution is 0.411. The van der Waals surface area contributed by atoms with E-state index in [0.717, 1.165) is 32.5 Å². The smallest absolute Gasteiger partial charge is 0.191 e.